The smallest absolute Gasteiger partial charge is 0.344 e. The van der Waals surface area contributed by atoms with E-state index in [1.807, 2.05) is 6.92 Å². The van der Waals surface area contributed by atoms with E-state index < -0.39 is 10.9 Å². The summed E-state index contributed by atoms with van der Waals surface area (Å²) in [6.07, 6.45) is 0. The highest BCUT2D eigenvalue weighted by Crippen LogP contribution is 2.35. The van der Waals surface area contributed by atoms with Gasteiger partial charge in [-0.1, -0.05) is 35.9 Å². The van der Waals surface area contributed by atoms with Crippen molar-refractivity contribution in [2.24, 2.45) is 0 Å². The Morgan fingerprint density at radius 2 is 1.67 bits per heavy atom. The van der Waals surface area contributed by atoms with Crippen molar-refractivity contribution < 1.29 is 14.5 Å². The minimum atomic E-state index is -0.563. The molecule has 0 bridgehead atoms. The van der Waals surface area contributed by atoms with Gasteiger partial charge in [0, 0.05) is 5.56 Å². The van der Waals surface area contributed by atoms with Crippen LogP contribution in [0.2, 0.25) is 0 Å². The number of carbonyl (C=O) groups is 1. The van der Waals surface area contributed by atoms with Crippen molar-refractivity contribution in [1.82, 2.24) is 0 Å². The molecule has 0 saturated carbocycles. The van der Waals surface area contributed by atoms with Crippen LogP contribution in [0.15, 0.2) is 48.5 Å². The first-order chi connectivity index (χ1) is 10.1. The number of carbonyl (C=O) groups excluding carboxylic acids is 1. The maximum atomic E-state index is 11.8. The number of rotatable bonds is 2. The lowest BCUT2D eigenvalue weighted by molar-refractivity contribution is -0.375. The average Bonchev–Trinajstić information content (AvgIpc) is 2.79. The number of aryl methyl sites for hydroxylation is 1. The van der Waals surface area contributed by atoms with Crippen molar-refractivity contribution in [3.63, 3.8) is 0 Å². The van der Waals surface area contributed by atoms with E-state index in [-0.39, 0.29) is 11.5 Å². The molecular weight excluding hydrogens is 270 g/mol. The molecule has 104 valence electrons. The number of hydrogen-bond acceptors (Lipinski definition) is 4. The summed E-state index contributed by atoms with van der Waals surface area (Å²) in [5, 5.41) is 11.4. The molecule has 0 fully saturated rings. The predicted molar refractivity (Wildman–Crippen MR) is 76.8 cm³/mol. The van der Waals surface area contributed by atoms with E-state index in [4.69, 9.17) is 4.74 Å². The molecule has 1 aliphatic rings. The molecule has 0 atom stereocenters. The first-order valence-electron chi connectivity index (χ1n) is 6.35. The van der Waals surface area contributed by atoms with Crippen molar-refractivity contribution >= 4 is 17.4 Å². The fourth-order valence-corrected chi connectivity index (χ4v) is 2.27. The standard InChI is InChI=1S/C16H11NO4/c1-10-6-8-11(9-7-10)14(17(19)20)15-12-4-2-3-5-13(12)16(18)21-15/h2-9H,1H3. The fourth-order valence-electron chi connectivity index (χ4n) is 2.27. The van der Waals surface area contributed by atoms with Gasteiger partial charge in [-0.2, -0.15) is 0 Å². The van der Waals surface area contributed by atoms with E-state index in [9.17, 15) is 14.9 Å². The zero-order chi connectivity index (χ0) is 15.0. The number of ether oxygens (including phenoxy) is 1. The lowest BCUT2D eigenvalue weighted by Gasteiger charge is -2.03. The Labute approximate surface area is 120 Å². The Hall–Kier alpha value is -2.95. The minimum absolute atomic E-state index is 0.00412. The lowest BCUT2D eigenvalue weighted by atomic mass is 10.0. The van der Waals surface area contributed by atoms with Gasteiger partial charge < -0.3 is 4.74 Å². The van der Waals surface area contributed by atoms with E-state index in [1.165, 1.54) is 0 Å². The summed E-state index contributed by atoms with van der Waals surface area (Å²) >= 11 is 0. The second-order valence-electron chi connectivity index (χ2n) is 4.74. The van der Waals surface area contributed by atoms with Gasteiger partial charge in [0.25, 0.3) is 0 Å². The van der Waals surface area contributed by atoms with Gasteiger partial charge in [-0.25, -0.2) is 4.79 Å². The van der Waals surface area contributed by atoms with Crippen LogP contribution in [0.3, 0.4) is 0 Å². The summed E-state index contributed by atoms with van der Waals surface area (Å²) in [5.74, 6) is -0.559. The number of fused-ring (bicyclic) bond motifs is 1. The Bertz CT molecular complexity index is 775. The zero-order valence-electron chi connectivity index (χ0n) is 11.2. The normalized spacial score (nSPS) is 15.4. The molecule has 0 amide bonds. The van der Waals surface area contributed by atoms with Crippen LogP contribution in [0.25, 0.3) is 11.5 Å². The van der Waals surface area contributed by atoms with Crippen LogP contribution in [-0.2, 0) is 4.74 Å². The third kappa shape index (κ3) is 2.18. The molecular formula is C16H11NO4. The summed E-state index contributed by atoms with van der Waals surface area (Å²) in [4.78, 5) is 22.7. The van der Waals surface area contributed by atoms with E-state index >= 15 is 0 Å². The molecule has 3 rings (SSSR count). The Balaban J connectivity index is 2.25. The van der Waals surface area contributed by atoms with Crippen LogP contribution in [-0.4, -0.2) is 10.9 Å². The van der Waals surface area contributed by atoms with E-state index in [0.717, 1.165) is 5.56 Å². The summed E-state index contributed by atoms with van der Waals surface area (Å²) < 4.78 is 5.14. The van der Waals surface area contributed by atoms with Gasteiger partial charge in [-0.15, -0.1) is 0 Å². The van der Waals surface area contributed by atoms with Gasteiger partial charge in [0.15, 0.2) is 0 Å². The summed E-state index contributed by atoms with van der Waals surface area (Å²) in [6.45, 7) is 1.90. The second-order valence-corrected chi connectivity index (χ2v) is 4.74. The van der Waals surface area contributed by atoms with Crippen LogP contribution in [0.5, 0.6) is 0 Å². The number of cyclic esters (lactones) is 1. The third-order valence-corrected chi connectivity index (χ3v) is 3.31. The molecule has 21 heavy (non-hydrogen) atoms. The number of nitrogens with zero attached hydrogens (tertiary/aromatic N) is 1. The Morgan fingerprint density at radius 1 is 1.05 bits per heavy atom. The molecule has 1 heterocycles. The molecule has 0 spiro atoms. The van der Waals surface area contributed by atoms with E-state index in [0.29, 0.717) is 16.7 Å². The molecule has 0 unspecified atom stereocenters. The topological polar surface area (TPSA) is 69.4 Å². The number of esters is 1. The molecule has 0 radical (unpaired) electrons. The van der Waals surface area contributed by atoms with Gasteiger partial charge in [-0.3, -0.25) is 10.1 Å². The second kappa shape index (κ2) is 4.86. The van der Waals surface area contributed by atoms with Crippen LogP contribution in [0, 0.1) is 17.0 Å². The van der Waals surface area contributed by atoms with Crippen molar-refractivity contribution in [1.29, 1.82) is 0 Å². The van der Waals surface area contributed by atoms with Gasteiger partial charge >= 0.3 is 11.7 Å². The SMILES string of the molecule is Cc1ccc(C(=C2OC(=O)c3ccccc32)[N+](=O)[O-])cc1. The van der Waals surface area contributed by atoms with Crippen molar-refractivity contribution in [3.05, 3.63) is 80.9 Å². The zero-order valence-corrected chi connectivity index (χ0v) is 11.2. The molecule has 2 aromatic carbocycles. The van der Waals surface area contributed by atoms with Gasteiger partial charge in [0.1, 0.15) is 0 Å². The van der Waals surface area contributed by atoms with Gasteiger partial charge in [0.2, 0.25) is 5.76 Å². The average molecular weight is 281 g/mol. The Kier molecular flexibility index (Phi) is 3.02. The van der Waals surface area contributed by atoms with Crippen molar-refractivity contribution in [3.8, 4) is 0 Å². The lowest BCUT2D eigenvalue weighted by Crippen LogP contribution is -2.02. The van der Waals surface area contributed by atoms with E-state index in [1.54, 1.807) is 48.5 Å². The first-order valence-corrected chi connectivity index (χ1v) is 6.35. The number of hydrogen-bond donors (Lipinski definition) is 0. The highest BCUT2D eigenvalue weighted by molar-refractivity contribution is 6.06. The monoisotopic (exact) mass is 281 g/mol. The molecule has 0 saturated heterocycles. The maximum absolute atomic E-state index is 11.8. The largest absolute Gasteiger partial charge is 0.415 e. The molecule has 5 nitrogen and oxygen atoms in total. The quantitative estimate of drug-likeness (QED) is 0.481. The predicted octanol–water partition coefficient (Wildman–Crippen LogP) is 3.27. The number of benzene rings is 2. The number of nitro groups is 1. The Morgan fingerprint density at radius 3 is 2.29 bits per heavy atom. The molecule has 5 heteroatoms. The van der Waals surface area contributed by atoms with Gasteiger partial charge in [0.05, 0.1) is 16.1 Å². The van der Waals surface area contributed by atoms with Gasteiger partial charge in [-0.05, 0) is 25.1 Å². The highest BCUT2D eigenvalue weighted by atomic mass is 16.6. The molecule has 0 aliphatic carbocycles. The minimum Gasteiger partial charge on any atom is -0.415 e. The van der Waals surface area contributed by atoms with Crippen molar-refractivity contribution in [2.75, 3.05) is 0 Å². The van der Waals surface area contributed by atoms with Crippen molar-refractivity contribution in [2.45, 2.75) is 6.92 Å². The van der Waals surface area contributed by atoms with E-state index in [2.05, 4.69) is 0 Å². The first kappa shape index (κ1) is 13.1. The summed E-state index contributed by atoms with van der Waals surface area (Å²) in [5.41, 5.74) is 2.00. The van der Waals surface area contributed by atoms with Crippen LogP contribution in [0.1, 0.15) is 27.0 Å². The highest BCUT2D eigenvalue weighted by Gasteiger charge is 2.34. The molecule has 1 aliphatic heterocycles. The van der Waals surface area contributed by atoms with Crippen LogP contribution >= 0.6 is 0 Å². The fraction of sp³-hybridized carbons (Fsp3) is 0.0625. The molecule has 0 aromatic heterocycles. The summed E-state index contributed by atoms with van der Waals surface area (Å²) in [6, 6.07) is 13.5. The third-order valence-electron chi connectivity index (χ3n) is 3.31. The van der Waals surface area contributed by atoms with Crippen LogP contribution in [0.4, 0.5) is 0 Å². The molecule has 2 aromatic rings. The maximum Gasteiger partial charge on any atom is 0.344 e. The van der Waals surface area contributed by atoms with Crippen LogP contribution < -0.4 is 0 Å². The molecule has 0 N–H and O–H groups in total. The summed E-state index contributed by atoms with van der Waals surface area (Å²) in [7, 11) is 0.